The predicted octanol–water partition coefficient (Wildman–Crippen LogP) is 2.33. The molecule has 1 fully saturated rings. The van der Waals surface area contributed by atoms with Gasteiger partial charge in [0.15, 0.2) is 0 Å². The van der Waals surface area contributed by atoms with E-state index in [4.69, 9.17) is 0 Å². The van der Waals surface area contributed by atoms with Crippen molar-refractivity contribution >= 4 is 17.2 Å². The Morgan fingerprint density at radius 1 is 1.35 bits per heavy atom. The molecule has 2 aromatic rings. The van der Waals surface area contributed by atoms with Gasteiger partial charge in [0.1, 0.15) is 6.04 Å². The van der Waals surface area contributed by atoms with E-state index >= 15 is 0 Å². The summed E-state index contributed by atoms with van der Waals surface area (Å²) in [5.41, 5.74) is 1.96. The van der Waals surface area contributed by atoms with Crippen LogP contribution in [0.15, 0.2) is 28.4 Å². The van der Waals surface area contributed by atoms with Gasteiger partial charge in [-0.15, -0.1) is 11.3 Å². The molecule has 4 rings (SSSR count). The van der Waals surface area contributed by atoms with E-state index in [2.05, 4.69) is 16.5 Å². The van der Waals surface area contributed by atoms with Crippen LogP contribution in [0.1, 0.15) is 47.9 Å². The molecule has 3 heterocycles. The van der Waals surface area contributed by atoms with Crippen molar-refractivity contribution in [3.63, 3.8) is 0 Å². The van der Waals surface area contributed by atoms with Gasteiger partial charge in [-0.1, -0.05) is 0 Å². The van der Waals surface area contributed by atoms with Gasteiger partial charge in [-0.05, 0) is 49.3 Å². The second-order valence-corrected chi connectivity index (χ2v) is 7.37. The maximum absolute atomic E-state index is 12.8. The quantitative estimate of drug-likeness (QED) is 0.868. The summed E-state index contributed by atoms with van der Waals surface area (Å²) in [6.45, 7) is 3.13. The van der Waals surface area contributed by atoms with Gasteiger partial charge in [-0.25, -0.2) is 4.68 Å². The molecule has 1 atom stereocenters. The first-order valence-corrected chi connectivity index (χ1v) is 8.95. The van der Waals surface area contributed by atoms with Crippen molar-refractivity contribution in [2.24, 2.45) is 0 Å². The van der Waals surface area contributed by atoms with Crippen LogP contribution in [0.3, 0.4) is 0 Å². The van der Waals surface area contributed by atoms with Crippen LogP contribution in [0.4, 0.5) is 0 Å². The number of fused-ring (bicyclic) bond motifs is 1. The minimum atomic E-state index is -0.554. The van der Waals surface area contributed by atoms with E-state index in [1.54, 1.807) is 24.3 Å². The minimum absolute atomic E-state index is 0.0237. The molecule has 0 spiro atoms. The number of carbonyl (C=O) groups excluding carboxylic acids is 1. The Kier molecular flexibility index (Phi) is 3.56. The molecule has 0 aromatic carbocycles. The van der Waals surface area contributed by atoms with Gasteiger partial charge < -0.3 is 4.90 Å². The second-order valence-electron chi connectivity index (χ2n) is 6.37. The van der Waals surface area contributed by atoms with Gasteiger partial charge in [-0.2, -0.15) is 5.10 Å². The van der Waals surface area contributed by atoms with E-state index in [-0.39, 0.29) is 11.5 Å². The molecule has 1 aliphatic heterocycles. The van der Waals surface area contributed by atoms with Gasteiger partial charge >= 0.3 is 0 Å². The Hall–Kier alpha value is -1.95. The SMILES string of the molecule is CC(C(=O)N1CCc2sccc2C1)n1nc(C2CC2)ccc1=O. The van der Waals surface area contributed by atoms with E-state index in [1.807, 2.05) is 4.90 Å². The fourth-order valence-electron chi connectivity index (χ4n) is 3.12. The highest BCUT2D eigenvalue weighted by atomic mass is 32.1. The molecule has 0 N–H and O–H groups in total. The summed E-state index contributed by atoms with van der Waals surface area (Å²) in [4.78, 5) is 28.2. The first-order valence-electron chi connectivity index (χ1n) is 8.07. The van der Waals surface area contributed by atoms with E-state index in [0.29, 0.717) is 19.0 Å². The lowest BCUT2D eigenvalue weighted by Crippen LogP contribution is -2.42. The third kappa shape index (κ3) is 2.72. The predicted molar refractivity (Wildman–Crippen MR) is 88.6 cm³/mol. The van der Waals surface area contributed by atoms with E-state index < -0.39 is 6.04 Å². The maximum Gasteiger partial charge on any atom is 0.267 e. The molecule has 1 saturated carbocycles. The monoisotopic (exact) mass is 329 g/mol. The summed E-state index contributed by atoms with van der Waals surface area (Å²) in [6.07, 6.45) is 3.15. The van der Waals surface area contributed by atoms with Crippen molar-refractivity contribution in [1.82, 2.24) is 14.7 Å². The number of carbonyl (C=O) groups is 1. The number of amides is 1. The van der Waals surface area contributed by atoms with Gasteiger partial charge in [0.05, 0.1) is 5.69 Å². The van der Waals surface area contributed by atoms with Crippen LogP contribution in [0.2, 0.25) is 0 Å². The Morgan fingerprint density at radius 2 is 2.17 bits per heavy atom. The lowest BCUT2D eigenvalue weighted by atomic mass is 10.1. The fourth-order valence-corrected chi connectivity index (χ4v) is 4.01. The van der Waals surface area contributed by atoms with Crippen molar-refractivity contribution in [3.8, 4) is 0 Å². The van der Waals surface area contributed by atoms with Gasteiger partial charge in [0, 0.05) is 30.0 Å². The summed E-state index contributed by atoms with van der Waals surface area (Å²) in [7, 11) is 0. The van der Waals surface area contributed by atoms with E-state index in [0.717, 1.165) is 25.0 Å². The molecule has 0 saturated heterocycles. The second kappa shape index (κ2) is 5.60. The molecule has 1 amide bonds. The van der Waals surface area contributed by atoms with Gasteiger partial charge in [-0.3, -0.25) is 9.59 Å². The number of hydrogen-bond donors (Lipinski definition) is 0. The molecule has 6 heteroatoms. The third-order valence-corrected chi connectivity index (χ3v) is 5.71. The Balaban J connectivity index is 1.57. The Bertz CT molecular complexity index is 806. The van der Waals surface area contributed by atoms with Gasteiger partial charge in [0.25, 0.3) is 5.56 Å². The smallest absolute Gasteiger partial charge is 0.267 e. The van der Waals surface area contributed by atoms with Crippen molar-refractivity contribution in [1.29, 1.82) is 0 Å². The number of nitrogens with zero attached hydrogens (tertiary/aromatic N) is 3. The Labute approximate surface area is 138 Å². The summed E-state index contributed by atoms with van der Waals surface area (Å²) < 4.78 is 1.36. The topological polar surface area (TPSA) is 55.2 Å². The number of thiophene rings is 1. The molecule has 0 radical (unpaired) electrons. The molecular formula is C17H19N3O2S. The van der Waals surface area contributed by atoms with Crippen LogP contribution >= 0.6 is 11.3 Å². The zero-order chi connectivity index (χ0) is 16.0. The summed E-state index contributed by atoms with van der Waals surface area (Å²) in [5.74, 6) is 0.442. The van der Waals surface area contributed by atoms with Crippen LogP contribution in [-0.2, 0) is 17.8 Å². The highest BCUT2D eigenvalue weighted by molar-refractivity contribution is 7.10. The molecule has 2 aliphatic rings. The number of aromatic nitrogens is 2. The lowest BCUT2D eigenvalue weighted by molar-refractivity contribution is -0.135. The first kappa shape index (κ1) is 14.6. The van der Waals surface area contributed by atoms with Crippen molar-refractivity contribution in [2.45, 2.75) is 44.7 Å². The van der Waals surface area contributed by atoms with Crippen LogP contribution in [0, 0.1) is 0 Å². The molecule has 5 nitrogen and oxygen atoms in total. The van der Waals surface area contributed by atoms with Crippen LogP contribution in [-0.4, -0.2) is 27.1 Å². The van der Waals surface area contributed by atoms with Crippen molar-refractivity contribution in [3.05, 3.63) is 50.1 Å². The van der Waals surface area contributed by atoms with Crippen LogP contribution in [0.5, 0.6) is 0 Å². The lowest BCUT2D eigenvalue weighted by Gasteiger charge is -2.29. The van der Waals surface area contributed by atoms with E-state index in [1.165, 1.54) is 21.2 Å². The highest BCUT2D eigenvalue weighted by Gasteiger charge is 2.29. The number of rotatable bonds is 3. The molecule has 2 aromatic heterocycles. The Morgan fingerprint density at radius 3 is 2.96 bits per heavy atom. The molecule has 0 bridgehead atoms. The van der Waals surface area contributed by atoms with Crippen LogP contribution in [0.25, 0.3) is 0 Å². The maximum atomic E-state index is 12.8. The average Bonchev–Trinajstić information content (AvgIpc) is 3.31. The van der Waals surface area contributed by atoms with Crippen LogP contribution < -0.4 is 5.56 Å². The minimum Gasteiger partial charge on any atom is -0.336 e. The van der Waals surface area contributed by atoms with Crippen molar-refractivity contribution in [2.75, 3.05) is 6.54 Å². The first-order chi connectivity index (χ1) is 11.1. The fraction of sp³-hybridized carbons (Fsp3) is 0.471. The zero-order valence-corrected chi connectivity index (χ0v) is 13.9. The highest BCUT2D eigenvalue weighted by Crippen LogP contribution is 2.38. The largest absolute Gasteiger partial charge is 0.336 e. The third-order valence-electron chi connectivity index (χ3n) is 4.68. The molecule has 23 heavy (non-hydrogen) atoms. The average molecular weight is 329 g/mol. The molecule has 120 valence electrons. The summed E-state index contributed by atoms with van der Waals surface area (Å²) in [6, 6.07) is 4.87. The zero-order valence-electron chi connectivity index (χ0n) is 13.1. The summed E-state index contributed by atoms with van der Waals surface area (Å²) in [5, 5.41) is 6.52. The molecule has 1 unspecified atom stereocenters. The van der Waals surface area contributed by atoms with Gasteiger partial charge in [0.2, 0.25) is 5.91 Å². The van der Waals surface area contributed by atoms with E-state index in [9.17, 15) is 9.59 Å². The normalized spacial score (nSPS) is 18.6. The standard InChI is InChI=1S/C17H19N3O2S/c1-11(20-16(21)5-4-14(18-20)12-2-3-12)17(22)19-8-6-15-13(10-19)7-9-23-15/h4-5,7,9,11-12H,2-3,6,8,10H2,1H3. The molecular weight excluding hydrogens is 310 g/mol. The number of hydrogen-bond acceptors (Lipinski definition) is 4. The van der Waals surface area contributed by atoms with Crippen molar-refractivity contribution < 1.29 is 4.79 Å². The molecule has 1 aliphatic carbocycles. The summed E-state index contributed by atoms with van der Waals surface area (Å²) >= 11 is 1.75.